The highest BCUT2D eigenvalue weighted by atomic mass is 16.5. The van der Waals surface area contributed by atoms with Crippen molar-refractivity contribution in [2.24, 2.45) is 0 Å². The Morgan fingerprint density at radius 1 is 0.973 bits per heavy atom. The van der Waals surface area contributed by atoms with Gasteiger partial charge in [0.15, 0.2) is 17.3 Å². The van der Waals surface area contributed by atoms with Gasteiger partial charge in [0.1, 0.15) is 11.9 Å². The molecule has 194 valence electrons. The second-order valence-electron chi connectivity index (χ2n) is 10.0. The van der Waals surface area contributed by atoms with Crippen molar-refractivity contribution in [2.45, 2.75) is 63.4 Å². The molecule has 2 atom stereocenters. The minimum absolute atomic E-state index is 0.0273. The minimum Gasteiger partial charge on any atom is -0.508 e. The van der Waals surface area contributed by atoms with Crippen LogP contribution < -0.4 is 14.8 Å². The van der Waals surface area contributed by atoms with E-state index in [-0.39, 0.29) is 23.6 Å². The maximum Gasteiger partial charge on any atom is 0.337 e. The van der Waals surface area contributed by atoms with Crippen LogP contribution in [0, 0.1) is 0 Å². The molecule has 0 saturated heterocycles. The number of hydrogen-bond donors (Lipinski definition) is 2. The van der Waals surface area contributed by atoms with E-state index in [0.717, 1.165) is 36.9 Å². The molecular weight excluding hydrogens is 470 g/mol. The number of hydrogen-bond acceptors (Lipinski definition) is 7. The number of ether oxygens (including phenoxy) is 3. The Labute approximate surface area is 217 Å². The molecule has 1 heterocycles. The van der Waals surface area contributed by atoms with Crippen molar-refractivity contribution in [1.82, 2.24) is 5.32 Å². The van der Waals surface area contributed by atoms with Crippen LogP contribution in [0.3, 0.4) is 0 Å². The summed E-state index contributed by atoms with van der Waals surface area (Å²) in [5.74, 6) is 0.268. The summed E-state index contributed by atoms with van der Waals surface area (Å²) in [6, 6.07) is 12.5. The van der Waals surface area contributed by atoms with E-state index in [9.17, 15) is 14.7 Å². The highest BCUT2D eigenvalue weighted by Gasteiger charge is 2.42. The predicted octanol–water partition coefficient (Wildman–Crippen LogP) is 5.26. The van der Waals surface area contributed by atoms with Crippen molar-refractivity contribution in [3.05, 3.63) is 76.1 Å². The quantitative estimate of drug-likeness (QED) is 0.520. The number of phenolic OH excluding ortho intramolecular Hbond substituents is 1. The molecule has 7 heteroatoms. The first-order valence-electron chi connectivity index (χ1n) is 12.9. The Kier molecular flexibility index (Phi) is 6.96. The van der Waals surface area contributed by atoms with Gasteiger partial charge >= 0.3 is 5.97 Å². The van der Waals surface area contributed by atoms with Gasteiger partial charge < -0.3 is 24.6 Å². The number of methoxy groups -OCH3 is 2. The standard InChI is InChI=1S/C30H33NO6/c1-17-27(30(34)37-22-9-4-5-10-22)28(19-7-6-8-21(32)13-19)29-23(31-17)14-20(15-24(29)33)18-11-12-25(35-2)26(16-18)36-3/h6-8,11-13,16,20,22,28,31-32H,4-5,9-10,14-15H2,1-3H3/t20-,28-/m1/s1. The Morgan fingerprint density at radius 2 is 1.73 bits per heavy atom. The second-order valence-corrected chi connectivity index (χ2v) is 10.0. The molecule has 2 N–H and O–H groups in total. The number of allylic oxidation sites excluding steroid dienone is 3. The summed E-state index contributed by atoms with van der Waals surface area (Å²) in [7, 11) is 3.19. The van der Waals surface area contributed by atoms with Crippen LogP contribution in [-0.2, 0) is 14.3 Å². The van der Waals surface area contributed by atoms with Gasteiger partial charge in [0.05, 0.1) is 19.8 Å². The number of carbonyl (C=O) groups excluding carboxylic acids is 2. The fraction of sp³-hybridized carbons (Fsp3) is 0.400. The molecule has 2 aromatic carbocycles. The molecule has 0 spiro atoms. The van der Waals surface area contributed by atoms with Crippen LogP contribution in [0.15, 0.2) is 65.0 Å². The van der Waals surface area contributed by atoms with E-state index < -0.39 is 11.9 Å². The number of Topliss-reactive ketones (excluding diaryl/α,β-unsaturated/α-hetero) is 1. The van der Waals surface area contributed by atoms with Crippen LogP contribution in [0.2, 0.25) is 0 Å². The first kappa shape index (κ1) is 24.9. The Balaban J connectivity index is 1.53. The molecular formula is C30H33NO6. The third-order valence-corrected chi connectivity index (χ3v) is 7.71. The molecule has 0 radical (unpaired) electrons. The van der Waals surface area contributed by atoms with Gasteiger partial charge in [-0.2, -0.15) is 0 Å². The number of esters is 1. The van der Waals surface area contributed by atoms with Gasteiger partial charge in [0.25, 0.3) is 0 Å². The molecule has 0 unspecified atom stereocenters. The summed E-state index contributed by atoms with van der Waals surface area (Å²) in [5.41, 5.74) is 4.18. The lowest BCUT2D eigenvalue weighted by Gasteiger charge is -2.37. The topological polar surface area (TPSA) is 94.1 Å². The molecule has 0 amide bonds. The number of phenols is 1. The van der Waals surface area contributed by atoms with Crippen LogP contribution in [-0.4, -0.2) is 37.2 Å². The largest absolute Gasteiger partial charge is 0.508 e. The molecule has 1 aliphatic heterocycles. The van der Waals surface area contributed by atoms with Crippen LogP contribution in [0.1, 0.15) is 68.4 Å². The average molecular weight is 504 g/mol. The number of rotatable bonds is 6. The lowest BCUT2D eigenvalue weighted by molar-refractivity contribution is -0.144. The SMILES string of the molecule is COc1ccc([C@H]2CC(=O)C3=C(C2)NC(C)=C(C(=O)OC2CCCC2)[C@H]3c2cccc(O)c2)cc1OC. The number of nitrogens with one attached hydrogen (secondary N) is 1. The van der Waals surface area contributed by atoms with Gasteiger partial charge in [0, 0.05) is 29.3 Å². The normalized spacial score (nSPS) is 22.0. The summed E-state index contributed by atoms with van der Waals surface area (Å²) >= 11 is 0. The lowest BCUT2D eigenvalue weighted by Crippen LogP contribution is -2.36. The highest BCUT2D eigenvalue weighted by molar-refractivity contribution is 6.04. The van der Waals surface area contributed by atoms with Gasteiger partial charge in [-0.1, -0.05) is 18.2 Å². The summed E-state index contributed by atoms with van der Waals surface area (Å²) in [5, 5.41) is 13.6. The summed E-state index contributed by atoms with van der Waals surface area (Å²) in [6.07, 6.45) is 4.64. The molecule has 2 aromatic rings. The second kappa shape index (κ2) is 10.3. The Morgan fingerprint density at radius 3 is 2.43 bits per heavy atom. The maximum absolute atomic E-state index is 13.8. The molecule has 5 rings (SSSR count). The number of carbonyl (C=O) groups is 2. The molecule has 0 aromatic heterocycles. The van der Waals surface area contributed by atoms with E-state index in [1.807, 2.05) is 31.2 Å². The van der Waals surface area contributed by atoms with Crippen molar-refractivity contribution in [3.63, 3.8) is 0 Å². The fourth-order valence-corrected chi connectivity index (χ4v) is 5.91. The average Bonchev–Trinajstić information content (AvgIpc) is 3.40. The Hall–Kier alpha value is -3.74. The molecule has 37 heavy (non-hydrogen) atoms. The number of dihydropyridines is 1. The van der Waals surface area contributed by atoms with E-state index >= 15 is 0 Å². The van der Waals surface area contributed by atoms with Crippen LogP contribution in [0.5, 0.6) is 17.2 Å². The molecule has 7 nitrogen and oxygen atoms in total. The van der Waals surface area contributed by atoms with E-state index in [1.165, 1.54) is 0 Å². The Bertz CT molecular complexity index is 1290. The van der Waals surface area contributed by atoms with Gasteiger partial charge in [-0.05, 0) is 80.3 Å². The fourth-order valence-electron chi connectivity index (χ4n) is 5.91. The van der Waals surface area contributed by atoms with Crippen molar-refractivity contribution in [3.8, 4) is 17.2 Å². The zero-order chi connectivity index (χ0) is 26.1. The number of aromatic hydroxyl groups is 1. The molecule has 1 saturated carbocycles. The third-order valence-electron chi connectivity index (χ3n) is 7.71. The van der Waals surface area contributed by atoms with Crippen molar-refractivity contribution >= 4 is 11.8 Å². The first-order chi connectivity index (χ1) is 17.9. The van der Waals surface area contributed by atoms with E-state index in [4.69, 9.17) is 14.2 Å². The van der Waals surface area contributed by atoms with E-state index in [0.29, 0.717) is 46.7 Å². The monoisotopic (exact) mass is 503 g/mol. The van der Waals surface area contributed by atoms with E-state index in [1.54, 1.807) is 32.4 Å². The van der Waals surface area contributed by atoms with Gasteiger partial charge in [0.2, 0.25) is 0 Å². The first-order valence-corrected chi connectivity index (χ1v) is 12.9. The van der Waals surface area contributed by atoms with Gasteiger partial charge in [-0.15, -0.1) is 0 Å². The molecule has 0 bridgehead atoms. The zero-order valence-electron chi connectivity index (χ0n) is 21.5. The van der Waals surface area contributed by atoms with E-state index in [2.05, 4.69) is 5.32 Å². The third kappa shape index (κ3) is 4.82. The van der Waals surface area contributed by atoms with Gasteiger partial charge in [-0.25, -0.2) is 4.79 Å². The molecule has 1 fully saturated rings. The van der Waals surface area contributed by atoms with Crippen molar-refractivity contribution < 1.29 is 28.9 Å². The van der Waals surface area contributed by atoms with Crippen LogP contribution in [0.4, 0.5) is 0 Å². The lowest BCUT2D eigenvalue weighted by atomic mass is 9.71. The summed E-state index contributed by atoms with van der Waals surface area (Å²) in [4.78, 5) is 27.3. The summed E-state index contributed by atoms with van der Waals surface area (Å²) in [6.45, 7) is 1.86. The summed E-state index contributed by atoms with van der Waals surface area (Å²) < 4.78 is 16.7. The minimum atomic E-state index is -0.601. The zero-order valence-corrected chi connectivity index (χ0v) is 21.5. The highest BCUT2D eigenvalue weighted by Crippen LogP contribution is 2.47. The molecule has 2 aliphatic carbocycles. The number of benzene rings is 2. The maximum atomic E-state index is 13.8. The smallest absolute Gasteiger partial charge is 0.337 e. The molecule has 3 aliphatic rings. The number of ketones is 1. The predicted molar refractivity (Wildman–Crippen MR) is 139 cm³/mol. The van der Waals surface area contributed by atoms with Crippen LogP contribution >= 0.6 is 0 Å². The van der Waals surface area contributed by atoms with Gasteiger partial charge in [-0.3, -0.25) is 4.79 Å². The van der Waals surface area contributed by atoms with Crippen molar-refractivity contribution in [1.29, 1.82) is 0 Å². The van der Waals surface area contributed by atoms with Crippen molar-refractivity contribution in [2.75, 3.05) is 14.2 Å². The van der Waals surface area contributed by atoms with Crippen LogP contribution in [0.25, 0.3) is 0 Å².